The summed E-state index contributed by atoms with van der Waals surface area (Å²) >= 11 is 0. The molecule has 1 amide bonds. The average Bonchev–Trinajstić information content (AvgIpc) is 2.73. The van der Waals surface area contributed by atoms with Gasteiger partial charge in [-0.15, -0.1) is 0 Å². The molecule has 30 heavy (non-hydrogen) atoms. The number of carbonyl (C=O) groups excluding carboxylic acids is 2. The number of benzene rings is 2. The molecule has 2 N–H and O–H groups in total. The van der Waals surface area contributed by atoms with Crippen molar-refractivity contribution in [3.63, 3.8) is 0 Å². The fraction of sp³-hybridized carbons (Fsp3) is 0.0952. The largest absolute Gasteiger partial charge is 0.503 e. The molecular formula is C21H15F3N2O4. The van der Waals surface area contributed by atoms with Crippen LogP contribution < -0.4 is 10.1 Å². The lowest BCUT2D eigenvalue weighted by Gasteiger charge is -2.09. The van der Waals surface area contributed by atoms with Gasteiger partial charge in [0.1, 0.15) is 0 Å². The van der Waals surface area contributed by atoms with E-state index < -0.39 is 29.2 Å². The lowest BCUT2D eigenvalue weighted by Crippen LogP contribution is -2.14. The van der Waals surface area contributed by atoms with Crippen molar-refractivity contribution in [2.45, 2.75) is 6.18 Å². The molecule has 0 aliphatic heterocycles. The summed E-state index contributed by atoms with van der Waals surface area (Å²) < 4.78 is 42.8. The molecule has 0 unspecified atom stereocenters. The number of pyridine rings is 1. The van der Waals surface area contributed by atoms with E-state index in [1.165, 1.54) is 43.6 Å². The topological polar surface area (TPSA) is 88.5 Å². The van der Waals surface area contributed by atoms with E-state index in [0.717, 1.165) is 24.3 Å². The van der Waals surface area contributed by atoms with Gasteiger partial charge < -0.3 is 15.2 Å². The van der Waals surface area contributed by atoms with Gasteiger partial charge in [0, 0.05) is 29.1 Å². The molecule has 0 spiro atoms. The minimum Gasteiger partial charge on any atom is -0.503 e. The molecule has 1 heterocycles. The molecule has 0 aliphatic carbocycles. The summed E-state index contributed by atoms with van der Waals surface area (Å²) in [6.07, 6.45) is -3.17. The van der Waals surface area contributed by atoms with Gasteiger partial charge in [-0.25, -0.2) is 4.98 Å². The molecule has 2 aromatic carbocycles. The highest BCUT2D eigenvalue weighted by molar-refractivity contribution is 6.09. The van der Waals surface area contributed by atoms with Crippen molar-refractivity contribution in [2.75, 3.05) is 12.4 Å². The summed E-state index contributed by atoms with van der Waals surface area (Å²) in [7, 11) is 1.34. The highest BCUT2D eigenvalue weighted by Gasteiger charge is 2.30. The number of ketones is 1. The van der Waals surface area contributed by atoms with Crippen LogP contribution in [0.2, 0.25) is 0 Å². The molecule has 0 radical (unpaired) electrons. The Labute approximate surface area is 169 Å². The van der Waals surface area contributed by atoms with Gasteiger partial charge >= 0.3 is 6.18 Å². The number of alkyl halides is 3. The zero-order valence-electron chi connectivity index (χ0n) is 15.5. The normalized spacial score (nSPS) is 11.1. The maximum atomic E-state index is 12.6. The van der Waals surface area contributed by atoms with Crippen molar-refractivity contribution < 1.29 is 32.6 Å². The van der Waals surface area contributed by atoms with Gasteiger partial charge in [-0.3, -0.25) is 9.59 Å². The van der Waals surface area contributed by atoms with Gasteiger partial charge in [-0.1, -0.05) is 12.1 Å². The molecule has 1 aromatic heterocycles. The van der Waals surface area contributed by atoms with E-state index in [9.17, 15) is 27.9 Å². The number of halogens is 3. The Morgan fingerprint density at radius 1 is 0.967 bits per heavy atom. The smallest absolute Gasteiger partial charge is 0.416 e. The van der Waals surface area contributed by atoms with Crippen molar-refractivity contribution in [1.82, 2.24) is 4.98 Å². The predicted molar refractivity (Wildman–Crippen MR) is 102 cm³/mol. The highest BCUT2D eigenvalue weighted by Crippen LogP contribution is 2.30. The van der Waals surface area contributed by atoms with Crippen LogP contribution in [0.25, 0.3) is 0 Å². The maximum absolute atomic E-state index is 12.6. The van der Waals surface area contributed by atoms with Crippen LogP contribution >= 0.6 is 0 Å². The van der Waals surface area contributed by atoms with Crippen LogP contribution in [0.3, 0.4) is 0 Å². The molecule has 0 fully saturated rings. The number of aromatic nitrogens is 1. The quantitative estimate of drug-likeness (QED) is 0.606. The van der Waals surface area contributed by atoms with E-state index in [0.29, 0.717) is 5.69 Å². The second-order valence-electron chi connectivity index (χ2n) is 6.15. The first-order chi connectivity index (χ1) is 14.2. The van der Waals surface area contributed by atoms with E-state index >= 15 is 0 Å². The summed E-state index contributed by atoms with van der Waals surface area (Å²) in [6.45, 7) is 0. The van der Waals surface area contributed by atoms with Crippen LogP contribution in [0.15, 0.2) is 60.8 Å². The summed E-state index contributed by atoms with van der Waals surface area (Å²) in [5, 5.41) is 12.5. The molecule has 9 heteroatoms. The predicted octanol–water partition coefficient (Wildman–Crippen LogP) is 4.30. The van der Waals surface area contributed by atoms with Crippen LogP contribution in [-0.2, 0) is 6.18 Å². The van der Waals surface area contributed by atoms with Crippen molar-refractivity contribution in [3.05, 3.63) is 83.2 Å². The molecule has 3 rings (SSSR count). The zero-order valence-corrected chi connectivity index (χ0v) is 15.5. The number of nitrogens with zero attached hydrogens (tertiary/aromatic N) is 1. The van der Waals surface area contributed by atoms with Crippen LogP contribution in [0.4, 0.5) is 18.9 Å². The van der Waals surface area contributed by atoms with Gasteiger partial charge in [0.15, 0.2) is 23.0 Å². The van der Waals surface area contributed by atoms with Crippen LogP contribution in [0, 0.1) is 0 Å². The monoisotopic (exact) mass is 416 g/mol. The fourth-order valence-corrected chi connectivity index (χ4v) is 2.64. The Morgan fingerprint density at radius 3 is 2.07 bits per heavy atom. The number of methoxy groups -OCH3 is 1. The van der Waals surface area contributed by atoms with E-state index in [-0.39, 0.29) is 22.6 Å². The molecule has 154 valence electrons. The number of hydrogen-bond acceptors (Lipinski definition) is 5. The van der Waals surface area contributed by atoms with Gasteiger partial charge in [0.05, 0.1) is 12.7 Å². The number of anilines is 1. The molecular weight excluding hydrogens is 401 g/mol. The Bertz CT molecular complexity index is 1080. The number of nitrogens with one attached hydrogen (secondary N) is 1. The standard InChI is InChI=1S/C21H15F3N2O4/c1-30-16-10-11-25-17(19(16)28)20(29)26-15-8-4-13(5-9-15)18(27)12-2-6-14(7-3-12)21(22,23)24/h2-11,28H,1H3,(H,26,29). The third-order valence-electron chi connectivity index (χ3n) is 4.20. The third-order valence-corrected chi connectivity index (χ3v) is 4.20. The highest BCUT2D eigenvalue weighted by atomic mass is 19.4. The molecule has 0 saturated heterocycles. The fourth-order valence-electron chi connectivity index (χ4n) is 2.64. The van der Waals surface area contributed by atoms with Gasteiger partial charge in [0.25, 0.3) is 5.91 Å². The summed E-state index contributed by atoms with van der Waals surface area (Å²) in [5.41, 5.74) is -0.417. The number of ether oxygens (including phenoxy) is 1. The van der Waals surface area contributed by atoms with Crippen molar-refractivity contribution in [2.24, 2.45) is 0 Å². The number of carbonyl (C=O) groups is 2. The number of aromatic hydroxyl groups is 1. The number of amides is 1. The Kier molecular flexibility index (Phi) is 5.72. The second kappa shape index (κ2) is 8.24. The molecule has 0 aliphatic rings. The van der Waals surface area contributed by atoms with Crippen LogP contribution in [-0.4, -0.2) is 28.9 Å². The summed E-state index contributed by atoms with van der Waals surface area (Å²) in [6, 6.07) is 11.1. The second-order valence-corrected chi connectivity index (χ2v) is 6.15. The molecule has 6 nitrogen and oxygen atoms in total. The third kappa shape index (κ3) is 4.40. The average molecular weight is 416 g/mol. The minimum absolute atomic E-state index is 0.0904. The van der Waals surface area contributed by atoms with E-state index in [1.807, 2.05) is 0 Å². The first kappa shape index (κ1) is 20.8. The van der Waals surface area contributed by atoms with Crippen molar-refractivity contribution in [1.29, 1.82) is 0 Å². The SMILES string of the molecule is COc1ccnc(C(=O)Nc2ccc(C(=O)c3ccc(C(F)(F)F)cc3)cc2)c1O. The zero-order chi connectivity index (χ0) is 21.9. The van der Waals surface area contributed by atoms with E-state index in [4.69, 9.17) is 4.74 Å². The van der Waals surface area contributed by atoms with Crippen LogP contribution in [0.5, 0.6) is 11.5 Å². The van der Waals surface area contributed by atoms with Crippen molar-refractivity contribution >= 4 is 17.4 Å². The van der Waals surface area contributed by atoms with E-state index in [1.54, 1.807) is 0 Å². The summed E-state index contributed by atoms with van der Waals surface area (Å²) in [4.78, 5) is 28.6. The number of hydrogen-bond donors (Lipinski definition) is 2. The molecule has 0 atom stereocenters. The maximum Gasteiger partial charge on any atom is 0.416 e. The first-order valence-corrected chi connectivity index (χ1v) is 8.56. The molecule has 0 bridgehead atoms. The molecule has 3 aromatic rings. The van der Waals surface area contributed by atoms with Crippen molar-refractivity contribution in [3.8, 4) is 11.5 Å². The van der Waals surface area contributed by atoms with Gasteiger partial charge in [-0.2, -0.15) is 13.2 Å². The Hall–Kier alpha value is -3.88. The number of rotatable bonds is 5. The van der Waals surface area contributed by atoms with Gasteiger partial charge in [0.2, 0.25) is 0 Å². The molecule has 0 saturated carbocycles. The van der Waals surface area contributed by atoms with E-state index in [2.05, 4.69) is 10.3 Å². The summed E-state index contributed by atoms with van der Waals surface area (Å²) in [5.74, 6) is -1.47. The Balaban J connectivity index is 1.73. The minimum atomic E-state index is -4.48. The lowest BCUT2D eigenvalue weighted by molar-refractivity contribution is -0.137. The van der Waals surface area contributed by atoms with Gasteiger partial charge in [-0.05, 0) is 36.4 Å². The Morgan fingerprint density at radius 2 is 1.53 bits per heavy atom. The van der Waals surface area contributed by atoms with Crippen LogP contribution in [0.1, 0.15) is 32.0 Å². The lowest BCUT2D eigenvalue weighted by atomic mass is 10.0. The first-order valence-electron chi connectivity index (χ1n) is 8.56.